The summed E-state index contributed by atoms with van der Waals surface area (Å²) in [5.74, 6) is -2.52. The molecule has 3 aromatic rings. The number of esters is 1. The number of nitrogens with zero attached hydrogens (tertiary/aromatic N) is 1. The van der Waals surface area contributed by atoms with Crippen LogP contribution < -0.4 is 15.0 Å². The molecular formula is C23H12Cl3FN2O4. The lowest BCUT2D eigenvalue weighted by Crippen LogP contribution is -2.32. The molecule has 1 aliphatic rings. The molecule has 3 aromatic carbocycles. The van der Waals surface area contributed by atoms with Crippen molar-refractivity contribution >= 4 is 64.0 Å². The molecule has 33 heavy (non-hydrogen) atoms. The summed E-state index contributed by atoms with van der Waals surface area (Å²) in [5.41, 5.74) is 0.543. The second kappa shape index (κ2) is 9.23. The third kappa shape index (κ3) is 4.71. The van der Waals surface area contributed by atoms with E-state index in [0.29, 0.717) is 16.5 Å². The number of imide groups is 1. The Morgan fingerprint density at radius 2 is 1.64 bits per heavy atom. The SMILES string of the molecule is O=C(Oc1cccc(Cl)c1)c1ccc(NC2=C(Cl)C(=O)N(c3ccc(F)c(Cl)c3)C2=O)cc1. The van der Waals surface area contributed by atoms with Gasteiger partial charge < -0.3 is 10.1 Å². The van der Waals surface area contributed by atoms with Crippen LogP contribution >= 0.6 is 34.8 Å². The summed E-state index contributed by atoms with van der Waals surface area (Å²) in [7, 11) is 0. The highest BCUT2D eigenvalue weighted by molar-refractivity contribution is 6.53. The first-order valence-corrected chi connectivity index (χ1v) is 10.5. The maximum absolute atomic E-state index is 13.4. The van der Waals surface area contributed by atoms with E-state index in [9.17, 15) is 18.8 Å². The van der Waals surface area contributed by atoms with Crippen LogP contribution in [-0.4, -0.2) is 17.8 Å². The van der Waals surface area contributed by atoms with Gasteiger partial charge in [-0.25, -0.2) is 14.1 Å². The second-order valence-electron chi connectivity index (χ2n) is 6.78. The first-order chi connectivity index (χ1) is 15.7. The fraction of sp³-hybridized carbons (Fsp3) is 0. The van der Waals surface area contributed by atoms with E-state index in [2.05, 4.69) is 5.32 Å². The highest BCUT2D eigenvalue weighted by atomic mass is 35.5. The molecule has 4 rings (SSSR count). The zero-order chi connectivity index (χ0) is 23.7. The Morgan fingerprint density at radius 1 is 0.909 bits per heavy atom. The van der Waals surface area contributed by atoms with E-state index < -0.39 is 23.6 Å². The fourth-order valence-electron chi connectivity index (χ4n) is 3.00. The van der Waals surface area contributed by atoms with Gasteiger partial charge in [0.2, 0.25) is 0 Å². The van der Waals surface area contributed by atoms with Crippen molar-refractivity contribution < 1.29 is 23.5 Å². The third-order valence-electron chi connectivity index (χ3n) is 4.59. The Morgan fingerprint density at radius 3 is 2.30 bits per heavy atom. The number of hydrogen-bond acceptors (Lipinski definition) is 5. The molecule has 2 amide bonds. The van der Waals surface area contributed by atoms with E-state index in [-0.39, 0.29) is 27.0 Å². The van der Waals surface area contributed by atoms with Gasteiger partial charge in [-0.1, -0.05) is 40.9 Å². The van der Waals surface area contributed by atoms with E-state index in [1.165, 1.54) is 36.4 Å². The van der Waals surface area contributed by atoms with Crippen molar-refractivity contribution in [3.63, 3.8) is 0 Å². The van der Waals surface area contributed by atoms with E-state index in [1.54, 1.807) is 18.2 Å². The van der Waals surface area contributed by atoms with Gasteiger partial charge >= 0.3 is 5.97 Å². The van der Waals surface area contributed by atoms with Gasteiger partial charge in [-0.15, -0.1) is 0 Å². The lowest BCUT2D eigenvalue weighted by Gasteiger charge is -2.15. The maximum Gasteiger partial charge on any atom is 0.343 e. The fourth-order valence-corrected chi connectivity index (χ4v) is 3.57. The van der Waals surface area contributed by atoms with Gasteiger partial charge in [0, 0.05) is 10.7 Å². The summed E-state index contributed by atoms with van der Waals surface area (Å²) in [5, 5.41) is 2.62. The number of carbonyl (C=O) groups is 3. The smallest absolute Gasteiger partial charge is 0.343 e. The molecule has 0 atom stereocenters. The normalized spacial score (nSPS) is 13.5. The van der Waals surface area contributed by atoms with Crippen molar-refractivity contribution in [3.05, 3.63) is 98.9 Å². The van der Waals surface area contributed by atoms with Crippen molar-refractivity contribution in [1.29, 1.82) is 0 Å². The molecule has 0 bridgehead atoms. The molecular weight excluding hydrogens is 494 g/mol. The molecule has 1 heterocycles. The maximum atomic E-state index is 13.4. The molecule has 0 spiro atoms. The Bertz CT molecular complexity index is 1330. The van der Waals surface area contributed by atoms with Gasteiger partial charge in [0.1, 0.15) is 22.3 Å². The molecule has 0 saturated heterocycles. The molecule has 0 unspecified atom stereocenters. The van der Waals surface area contributed by atoms with Crippen LogP contribution in [0.2, 0.25) is 10.0 Å². The summed E-state index contributed by atoms with van der Waals surface area (Å²) >= 11 is 17.7. The number of benzene rings is 3. The number of carbonyl (C=O) groups excluding carboxylic acids is 3. The zero-order valence-electron chi connectivity index (χ0n) is 16.4. The molecule has 0 radical (unpaired) electrons. The highest BCUT2D eigenvalue weighted by Crippen LogP contribution is 2.32. The monoisotopic (exact) mass is 504 g/mol. The summed E-state index contributed by atoms with van der Waals surface area (Å²) < 4.78 is 18.7. The lowest BCUT2D eigenvalue weighted by molar-refractivity contribution is -0.120. The first-order valence-electron chi connectivity index (χ1n) is 9.33. The van der Waals surface area contributed by atoms with Gasteiger partial charge in [-0.3, -0.25) is 9.59 Å². The number of halogens is 4. The average molecular weight is 506 g/mol. The lowest BCUT2D eigenvalue weighted by atomic mass is 10.2. The van der Waals surface area contributed by atoms with Crippen LogP contribution in [0.15, 0.2) is 77.5 Å². The molecule has 1 N–H and O–H groups in total. The number of ether oxygens (including phenoxy) is 1. The molecule has 1 aliphatic heterocycles. The molecule has 0 aromatic heterocycles. The zero-order valence-corrected chi connectivity index (χ0v) is 18.7. The largest absolute Gasteiger partial charge is 0.423 e. The highest BCUT2D eigenvalue weighted by Gasteiger charge is 2.39. The van der Waals surface area contributed by atoms with Crippen LogP contribution in [0.3, 0.4) is 0 Å². The number of nitrogens with one attached hydrogen (secondary N) is 1. The van der Waals surface area contributed by atoms with Crippen LogP contribution in [0, 0.1) is 5.82 Å². The molecule has 6 nitrogen and oxygen atoms in total. The van der Waals surface area contributed by atoms with Gasteiger partial charge in [0.15, 0.2) is 0 Å². The van der Waals surface area contributed by atoms with Gasteiger partial charge in [-0.05, 0) is 60.7 Å². The first kappa shape index (κ1) is 22.8. The number of rotatable bonds is 5. The van der Waals surface area contributed by atoms with E-state index in [0.717, 1.165) is 17.0 Å². The Balaban J connectivity index is 1.49. The molecule has 0 aliphatic carbocycles. The molecule has 0 fully saturated rings. The van der Waals surface area contributed by atoms with Crippen LogP contribution in [0.4, 0.5) is 15.8 Å². The standard InChI is InChI=1S/C23H12Cl3FN2O4/c24-13-2-1-3-16(10-13)33-23(32)12-4-6-14(7-5-12)28-20-19(26)21(30)29(22(20)31)15-8-9-18(27)17(25)11-15/h1-11,28H. The van der Waals surface area contributed by atoms with E-state index in [4.69, 9.17) is 39.5 Å². The topological polar surface area (TPSA) is 75.7 Å². The minimum absolute atomic E-state index is 0.0745. The van der Waals surface area contributed by atoms with E-state index in [1.807, 2.05) is 0 Å². The summed E-state index contributed by atoms with van der Waals surface area (Å²) in [6.45, 7) is 0. The summed E-state index contributed by atoms with van der Waals surface area (Å²) in [4.78, 5) is 38.4. The Hall–Kier alpha value is -3.39. The number of anilines is 2. The summed E-state index contributed by atoms with van der Waals surface area (Å²) in [6.07, 6.45) is 0. The van der Waals surface area contributed by atoms with Crippen molar-refractivity contribution in [2.45, 2.75) is 0 Å². The van der Waals surface area contributed by atoms with Crippen molar-refractivity contribution in [1.82, 2.24) is 0 Å². The summed E-state index contributed by atoms with van der Waals surface area (Å²) in [6, 6.07) is 15.8. The predicted octanol–water partition coefficient (Wildman–Crippen LogP) is 5.79. The van der Waals surface area contributed by atoms with Crippen LogP contribution in [0.25, 0.3) is 0 Å². The predicted molar refractivity (Wildman–Crippen MR) is 123 cm³/mol. The van der Waals surface area contributed by atoms with Gasteiger partial charge in [-0.2, -0.15) is 0 Å². The molecule has 166 valence electrons. The Kier molecular flexibility index (Phi) is 6.37. The molecule has 10 heteroatoms. The van der Waals surface area contributed by atoms with E-state index >= 15 is 0 Å². The van der Waals surface area contributed by atoms with Crippen LogP contribution in [0.5, 0.6) is 5.75 Å². The van der Waals surface area contributed by atoms with Crippen LogP contribution in [0.1, 0.15) is 10.4 Å². The minimum atomic E-state index is -0.784. The van der Waals surface area contributed by atoms with Gasteiger partial charge in [0.25, 0.3) is 11.8 Å². The number of hydrogen-bond donors (Lipinski definition) is 1. The quantitative estimate of drug-likeness (QED) is 0.270. The van der Waals surface area contributed by atoms with Crippen LogP contribution in [-0.2, 0) is 9.59 Å². The van der Waals surface area contributed by atoms with Crippen molar-refractivity contribution in [2.75, 3.05) is 10.2 Å². The third-order valence-corrected chi connectivity index (χ3v) is 5.46. The van der Waals surface area contributed by atoms with Gasteiger partial charge in [0.05, 0.1) is 16.3 Å². The number of amides is 2. The van der Waals surface area contributed by atoms with Crippen molar-refractivity contribution in [2.24, 2.45) is 0 Å². The Labute approximate surface area is 202 Å². The molecule has 0 saturated carbocycles. The second-order valence-corrected chi connectivity index (χ2v) is 8.00. The minimum Gasteiger partial charge on any atom is -0.423 e. The van der Waals surface area contributed by atoms with Crippen molar-refractivity contribution in [3.8, 4) is 5.75 Å². The average Bonchev–Trinajstić information content (AvgIpc) is 2.99.